The quantitative estimate of drug-likeness (QED) is 0.673. The Morgan fingerprint density at radius 1 is 1.36 bits per heavy atom. The van der Waals surface area contributed by atoms with Gasteiger partial charge in [0.2, 0.25) is 0 Å². The SMILES string of the molecule is C[C@H](O)[C@H](N)c1c(O)cc(F)cc1F. The van der Waals surface area contributed by atoms with E-state index in [4.69, 9.17) is 10.8 Å². The minimum absolute atomic E-state index is 0.276. The molecule has 78 valence electrons. The number of hydrogen-bond donors (Lipinski definition) is 3. The highest BCUT2D eigenvalue weighted by Crippen LogP contribution is 2.28. The van der Waals surface area contributed by atoms with Crippen LogP contribution in [0.4, 0.5) is 8.78 Å². The van der Waals surface area contributed by atoms with Crippen LogP contribution in [-0.4, -0.2) is 16.3 Å². The zero-order valence-electron chi connectivity index (χ0n) is 7.54. The summed E-state index contributed by atoms with van der Waals surface area (Å²) in [4.78, 5) is 0. The third-order valence-corrected chi connectivity index (χ3v) is 1.93. The maximum absolute atomic E-state index is 13.1. The molecule has 1 aromatic rings. The van der Waals surface area contributed by atoms with Crippen molar-refractivity contribution in [1.82, 2.24) is 0 Å². The Hall–Kier alpha value is -1.20. The number of rotatable bonds is 2. The van der Waals surface area contributed by atoms with Crippen molar-refractivity contribution in [2.24, 2.45) is 5.73 Å². The van der Waals surface area contributed by atoms with Gasteiger partial charge in [0.1, 0.15) is 17.4 Å². The van der Waals surface area contributed by atoms with Crippen molar-refractivity contribution in [1.29, 1.82) is 0 Å². The Morgan fingerprint density at radius 3 is 2.36 bits per heavy atom. The van der Waals surface area contributed by atoms with Crippen molar-refractivity contribution in [2.75, 3.05) is 0 Å². The molecule has 0 spiro atoms. The molecule has 0 saturated heterocycles. The zero-order valence-corrected chi connectivity index (χ0v) is 7.54. The molecule has 1 rings (SSSR count). The highest BCUT2D eigenvalue weighted by molar-refractivity contribution is 5.36. The number of aliphatic hydroxyl groups excluding tert-OH is 1. The molecule has 2 atom stereocenters. The standard InChI is InChI=1S/C9H11F2NO2/c1-4(13)9(12)8-6(11)2-5(10)3-7(8)14/h2-4,9,13-14H,12H2,1H3/t4-,9-/m0/s1. The first-order chi connectivity index (χ1) is 6.43. The molecule has 0 aromatic heterocycles. The monoisotopic (exact) mass is 203 g/mol. The number of aliphatic hydroxyl groups is 1. The molecule has 0 amide bonds. The van der Waals surface area contributed by atoms with E-state index in [1.807, 2.05) is 0 Å². The zero-order chi connectivity index (χ0) is 10.9. The van der Waals surface area contributed by atoms with E-state index in [0.717, 1.165) is 6.07 Å². The maximum Gasteiger partial charge on any atom is 0.134 e. The van der Waals surface area contributed by atoms with Crippen LogP contribution in [0.15, 0.2) is 12.1 Å². The second kappa shape index (κ2) is 3.89. The van der Waals surface area contributed by atoms with Gasteiger partial charge in [0.15, 0.2) is 0 Å². The van der Waals surface area contributed by atoms with Gasteiger partial charge in [-0.05, 0) is 6.92 Å². The Kier molecular flexibility index (Phi) is 3.03. The average molecular weight is 203 g/mol. The summed E-state index contributed by atoms with van der Waals surface area (Å²) in [5, 5.41) is 18.3. The van der Waals surface area contributed by atoms with Gasteiger partial charge in [0, 0.05) is 17.7 Å². The number of nitrogens with two attached hydrogens (primary N) is 1. The third kappa shape index (κ3) is 2.00. The van der Waals surface area contributed by atoms with Crippen molar-refractivity contribution in [3.63, 3.8) is 0 Å². The highest BCUT2D eigenvalue weighted by Gasteiger charge is 2.21. The highest BCUT2D eigenvalue weighted by atomic mass is 19.1. The summed E-state index contributed by atoms with van der Waals surface area (Å²) in [6, 6.07) is 0.286. The lowest BCUT2D eigenvalue weighted by atomic mass is 10.0. The van der Waals surface area contributed by atoms with Gasteiger partial charge in [-0.2, -0.15) is 0 Å². The first-order valence-corrected chi connectivity index (χ1v) is 4.05. The number of phenols is 1. The summed E-state index contributed by atoms with van der Waals surface area (Å²) in [6.45, 7) is 1.35. The molecule has 0 unspecified atom stereocenters. The van der Waals surface area contributed by atoms with Crippen LogP contribution in [0.1, 0.15) is 18.5 Å². The van der Waals surface area contributed by atoms with Crippen molar-refractivity contribution < 1.29 is 19.0 Å². The van der Waals surface area contributed by atoms with Gasteiger partial charge < -0.3 is 15.9 Å². The van der Waals surface area contributed by atoms with Gasteiger partial charge in [0.05, 0.1) is 12.1 Å². The molecule has 0 aliphatic heterocycles. The summed E-state index contributed by atoms with van der Waals surface area (Å²) >= 11 is 0. The molecule has 4 N–H and O–H groups in total. The third-order valence-electron chi connectivity index (χ3n) is 1.93. The van der Waals surface area contributed by atoms with E-state index in [1.165, 1.54) is 6.92 Å². The fraction of sp³-hybridized carbons (Fsp3) is 0.333. The van der Waals surface area contributed by atoms with Crippen LogP contribution in [0.5, 0.6) is 5.75 Å². The summed E-state index contributed by atoms with van der Waals surface area (Å²) < 4.78 is 25.7. The molecule has 14 heavy (non-hydrogen) atoms. The fourth-order valence-electron chi connectivity index (χ4n) is 1.14. The number of phenolic OH excluding ortho intramolecular Hbond substituents is 1. The normalized spacial score (nSPS) is 15.2. The molecule has 0 heterocycles. The summed E-state index contributed by atoms with van der Waals surface area (Å²) in [5.41, 5.74) is 5.14. The first kappa shape index (κ1) is 10.9. The maximum atomic E-state index is 13.1. The molecule has 1 aromatic carbocycles. The van der Waals surface area contributed by atoms with Crippen LogP contribution < -0.4 is 5.73 Å². The second-order valence-corrected chi connectivity index (χ2v) is 3.09. The van der Waals surface area contributed by atoms with Gasteiger partial charge in [0.25, 0.3) is 0 Å². The molecular formula is C9H11F2NO2. The largest absolute Gasteiger partial charge is 0.507 e. The van der Waals surface area contributed by atoms with Gasteiger partial charge >= 0.3 is 0 Å². The van der Waals surface area contributed by atoms with Crippen LogP contribution in [0.25, 0.3) is 0 Å². The lowest BCUT2D eigenvalue weighted by Gasteiger charge is -2.17. The average Bonchev–Trinajstić information content (AvgIpc) is 2.01. The van der Waals surface area contributed by atoms with Crippen molar-refractivity contribution in [3.8, 4) is 5.75 Å². The molecule has 5 heteroatoms. The van der Waals surface area contributed by atoms with E-state index < -0.39 is 29.5 Å². The van der Waals surface area contributed by atoms with Crippen LogP contribution >= 0.6 is 0 Å². The van der Waals surface area contributed by atoms with Crippen molar-refractivity contribution in [2.45, 2.75) is 19.1 Å². The smallest absolute Gasteiger partial charge is 0.134 e. The Morgan fingerprint density at radius 2 is 1.93 bits per heavy atom. The molecule has 0 fully saturated rings. The molecule has 0 aliphatic rings. The van der Waals surface area contributed by atoms with E-state index in [-0.39, 0.29) is 5.56 Å². The van der Waals surface area contributed by atoms with E-state index >= 15 is 0 Å². The van der Waals surface area contributed by atoms with E-state index in [2.05, 4.69) is 0 Å². The van der Waals surface area contributed by atoms with Gasteiger partial charge in [-0.25, -0.2) is 8.78 Å². The Labute approximate surface area is 79.8 Å². The molecule has 0 saturated carbocycles. The van der Waals surface area contributed by atoms with E-state index in [0.29, 0.717) is 6.07 Å². The molecule has 3 nitrogen and oxygen atoms in total. The summed E-state index contributed by atoms with van der Waals surface area (Å²) in [6.07, 6.45) is -1.03. The summed E-state index contributed by atoms with van der Waals surface area (Å²) in [7, 11) is 0. The minimum atomic E-state index is -1.07. The Bertz CT molecular complexity index is 319. The number of hydrogen-bond acceptors (Lipinski definition) is 3. The Balaban J connectivity index is 3.20. The van der Waals surface area contributed by atoms with Crippen LogP contribution in [0.2, 0.25) is 0 Å². The van der Waals surface area contributed by atoms with Crippen LogP contribution in [0.3, 0.4) is 0 Å². The minimum Gasteiger partial charge on any atom is -0.507 e. The first-order valence-electron chi connectivity index (χ1n) is 4.05. The van der Waals surface area contributed by atoms with Crippen LogP contribution in [0, 0.1) is 11.6 Å². The molecule has 0 bridgehead atoms. The van der Waals surface area contributed by atoms with Gasteiger partial charge in [-0.1, -0.05) is 0 Å². The topological polar surface area (TPSA) is 66.5 Å². The summed E-state index contributed by atoms with van der Waals surface area (Å²) in [5.74, 6) is -2.44. The lowest BCUT2D eigenvalue weighted by Crippen LogP contribution is -2.24. The molecule has 0 aliphatic carbocycles. The van der Waals surface area contributed by atoms with Crippen molar-refractivity contribution in [3.05, 3.63) is 29.3 Å². The molecular weight excluding hydrogens is 192 g/mol. The van der Waals surface area contributed by atoms with E-state index in [9.17, 15) is 13.9 Å². The van der Waals surface area contributed by atoms with Crippen LogP contribution in [-0.2, 0) is 0 Å². The number of aromatic hydroxyl groups is 1. The van der Waals surface area contributed by atoms with Gasteiger partial charge in [-0.15, -0.1) is 0 Å². The molecule has 0 radical (unpaired) electrons. The van der Waals surface area contributed by atoms with E-state index in [1.54, 1.807) is 0 Å². The van der Waals surface area contributed by atoms with Gasteiger partial charge in [-0.3, -0.25) is 0 Å². The predicted octanol–water partition coefficient (Wildman–Crippen LogP) is 1.05. The van der Waals surface area contributed by atoms with Crippen molar-refractivity contribution >= 4 is 0 Å². The fourth-order valence-corrected chi connectivity index (χ4v) is 1.14. The number of halogens is 2. The predicted molar refractivity (Wildman–Crippen MR) is 46.6 cm³/mol. The second-order valence-electron chi connectivity index (χ2n) is 3.09. The number of benzene rings is 1. The lowest BCUT2D eigenvalue weighted by molar-refractivity contribution is 0.160.